The maximum atomic E-state index is 7.56. The van der Waals surface area contributed by atoms with Crippen LogP contribution in [0.15, 0.2) is 40.9 Å². The first-order valence-electron chi connectivity index (χ1n) is 9.14. The number of hydrogen-bond acceptors (Lipinski definition) is 3. The lowest BCUT2D eigenvalue weighted by atomic mass is 9.61. The Labute approximate surface area is 139 Å². The van der Waals surface area contributed by atoms with Crippen molar-refractivity contribution in [1.82, 2.24) is 4.98 Å². The summed E-state index contributed by atoms with van der Waals surface area (Å²) in [6.07, 6.45) is 2.02. The standard InChI is InChI=1S/C18H19BN3O/c1-12-8-9-14-17-13(2)22(16-7-5-6-10-21(16)4)19(3)11-15(17)23-18(14)20-12/h5-11H,1-4H3/q+1/i1D3. The van der Waals surface area contributed by atoms with Crippen LogP contribution in [0.2, 0.25) is 6.82 Å². The second-order valence-electron chi connectivity index (χ2n) is 5.92. The van der Waals surface area contributed by atoms with Crippen LogP contribution < -0.4 is 20.0 Å². The highest BCUT2D eigenvalue weighted by molar-refractivity contribution is 6.77. The summed E-state index contributed by atoms with van der Waals surface area (Å²) >= 11 is 0. The number of pyridine rings is 2. The van der Waals surface area contributed by atoms with E-state index in [4.69, 9.17) is 8.53 Å². The van der Waals surface area contributed by atoms with Crippen molar-refractivity contribution in [3.8, 4) is 0 Å². The first-order valence-corrected chi connectivity index (χ1v) is 7.64. The molecule has 114 valence electrons. The van der Waals surface area contributed by atoms with Gasteiger partial charge in [-0.05, 0) is 44.8 Å². The molecule has 0 fully saturated rings. The monoisotopic (exact) mass is 307 g/mol. The van der Waals surface area contributed by atoms with E-state index in [1.807, 2.05) is 31.4 Å². The minimum Gasteiger partial charge on any atom is -0.439 e. The van der Waals surface area contributed by atoms with Gasteiger partial charge >= 0.3 is 6.85 Å². The van der Waals surface area contributed by atoms with E-state index in [2.05, 4.69) is 34.2 Å². The molecule has 4 nitrogen and oxygen atoms in total. The number of aryl methyl sites for hydroxylation is 2. The molecule has 4 rings (SSSR count). The predicted octanol–water partition coefficient (Wildman–Crippen LogP) is 1.55. The maximum Gasteiger partial charge on any atom is 0.405 e. The first-order chi connectivity index (χ1) is 12.3. The quantitative estimate of drug-likeness (QED) is 0.505. The molecule has 3 aromatic heterocycles. The molecule has 1 aliphatic rings. The van der Waals surface area contributed by atoms with Crippen molar-refractivity contribution in [2.24, 2.45) is 7.05 Å². The largest absolute Gasteiger partial charge is 0.439 e. The highest BCUT2D eigenvalue weighted by atomic mass is 16.3. The van der Waals surface area contributed by atoms with Crippen molar-refractivity contribution in [3.63, 3.8) is 0 Å². The zero-order valence-electron chi connectivity index (χ0n) is 16.4. The number of nitrogens with zero attached hydrogens (tertiary/aromatic N) is 3. The van der Waals surface area contributed by atoms with Crippen LogP contribution in [0.1, 0.15) is 16.7 Å². The molecule has 1 aliphatic heterocycles. The van der Waals surface area contributed by atoms with Gasteiger partial charge in [-0.3, -0.25) is 4.81 Å². The minimum atomic E-state index is -2.25. The molecule has 0 bridgehead atoms. The number of rotatable bonds is 1. The van der Waals surface area contributed by atoms with E-state index < -0.39 is 6.85 Å². The lowest BCUT2D eigenvalue weighted by Gasteiger charge is -2.23. The second kappa shape index (κ2) is 4.98. The second-order valence-corrected chi connectivity index (χ2v) is 5.92. The van der Waals surface area contributed by atoms with Crippen LogP contribution in [0, 0.1) is 6.85 Å². The lowest BCUT2D eigenvalue weighted by molar-refractivity contribution is -0.658. The smallest absolute Gasteiger partial charge is 0.405 e. The van der Waals surface area contributed by atoms with Crippen molar-refractivity contribution in [2.45, 2.75) is 20.6 Å². The molecule has 0 saturated heterocycles. The molecule has 0 N–H and O–H groups in total. The van der Waals surface area contributed by atoms with Gasteiger partial charge in [0.25, 0.3) is 5.82 Å². The van der Waals surface area contributed by atoms with Gasteiger partial charge < -0.3 is 4.42 Å². The fourth-order valence-electron chi connectivity index (χ4n) is 3.35. The fourth-order valence-corrected chi connectivity index (χ4v) is 3.35. The third kappa shape index (κ3) is 2.07. The molecule has 0 aromatic carbocycles. The summed E-state index contributed by atoms with van der Waals surface area (Å²) in [5.74, 6) is 3.12. The molecule has 0 aliphatic carbocycles. The van der Waals surface area contributed by atoms with Gasteiger partial charge in [0, 0.05) is 15.9 Å². The number of hydrogen-bond donors (Lipinski definition) is 0. The summed E-state index contributed by atoms with van der Waals surface area (Å²) < 4.78 is 30.7. The van der Waals surface area contributed by atoms with E-state index in [1.165, 1.54) is 0 Å². The highest BCUT2D eigenvalue weighted by Crippen LogP contribution is 2.20. The Bertz CT molecular complexity index is 1140. The van der Waals surface area contributed by atoms with Crippen LogP contribution >= 0.6 is 0 Å². The summed E-state index contributed by atoms with van der Waals surface area (Å²) in [5, 5.41) is 1.80. The maximum absolute atomic E-state index is 7.56. The van der Waals surface area contributed by atoms with E-state index in [0.717, 1.165) is 27.5 Å². The molecule has 0 radical (unpaired) electrons. The number of aromatic nitrogens is 2. The van der Waals surface area contributed by atoms with Crippen LogP contribution in [-0.2, 0) is 7.05 Å². The molecular weight excluding hydrogens is 285 g/mol. The van der Waals surface area contributed by atoms with Crippen molar-refractivity contribution in [3.05, 3.63) is 52.9 Å². The van der Waals surface area contributed by atoms with Gasteiger partial charge in [0.15, 0.2) is 0 Å². The van der Waals surface area contributed by atoms with Crippen molar-refractivity contribution >= 4 is 35.4 Å². The molecule has 0 amide bonds. The van der Waals surface area contributed by atoms with Gasteiger partial charge in [-0.2, -0.15) is 0 Å². The Hall–Kier alpha value is -2.56. The Kier molecular flexibility index (Phi) is 2.39. The topological polar surface area (TPSA) is 33.2 Å². The zero-order valence-corrected chi connectivity index (χ0v) is 13.4. The Balaban J connectivity index is 2.00. The first kappa shape index (κ1) is 11.1. The summed E-state index contributed by atoms with van der Waals surface area (Å²) in [6.45, 7) is 2.01. The molecular formula is C18H19BN3O+. The normalized spacial score (nSPS) is 16.7. The van der Waals surface area contributed by atoms with Gasteiger partial charge in [0.2, 0.25) is 5.71 Å². The molecule has 0 spiro atoms. The van der Waals surface area contributed by atoms with Crippen molar-refractivity contribution in [1.29, 1.82) is 0 Å². The van der Waals surface area contributed by atoms with Gasteiger partial charge in [0.05, 0.1) is 29.5 Å². The number of fused-ring (bicyclic) bond motifs is 3. The number of anilines is 1. The molecule has 3 aromatic rings. The van der Waals surface area contributed by atoms with Crippen molar-refractivity contribution < 1.29 is 13.1 Å². The Morgan fingerprint density at radius 2 is 2.17 bits per heavy atom. The zero-order chi connectivity index (χ0) is 18.6. The molecule has 0 saturated carbocycles. The minimum absolute atomic E-state index is 0.0492. The average Bonchev–Trinajstić information content (AvgIpc) is 2.93. The third-order valence-electron chi connectivity index (χ3n) is 4.38. The van der Waals surface area contributed by atoms with Crippen molar-refractivity contribution in [2.75, 3.05) is 4.81 Å². The van der Waals surface area contributed by atoms with Gasteiger partial charge in [-0.1, -0.05) is 6.07 Å². The predicted molar refractivity (Wildman–Crippen MR) is 93.3 cm³/mol. The lowest BCUT2D eigenvalue weighted by Crippen LogP contribution is -2.50. The third-order valence-corrected chi connectivity index (χ3v) is 4.38. The van der Waals surface area contributed by atoms with Crippen LogP contribution in [0.5, 0.6) is 0 Å². The summed E-state index contributed by atoms with van der Waals surface area (Å²) in [6, 6.07) is 9.44. The highest BCUT2D eigenvalue weighted by Gasteiger charge is 2.33. The summed E-state index contributed by atoms with van der Waals surface area (Å²) in [5.41, 5.74) is 2.22. The molecule has 0 atom stereocenters. The average molecular weight is 307 g/mol. The van der Waals surface area contributed by atoms with Crippen LogP contribution in [0.3, 0.4) is 0 Å². The van der Waals surface area contributed by atoms with E-state index in [-0.39, 0.29) is 12.5 Å². The van der Waals surface area contributed by atoms with Crippen LogP contribution in [0.4, 0.5) is 5.82 Å². The van der Waals surface area contributed by atoms with E-state index in [0.29, 0.717) is 5.71 Å². The van der Waals surface area contributed by atoms with E-state index in [1.54, 1.807) is 12.1 Å². The molecule has 5 heteroatoms. The Morgan fingerprint density at radius 3 is 2.96 bits per heavy atom. The van der Waals surface area contributed by atoms with Gasteiger partial charge in [0.1, 0.15) is 5.42 Å². The molecule has 23 heavy (non-hydrogen) atoms. The number of furan rings is 1. The van der Waals surface area contributed by atoms with E-state index in [9.17, 15) is 0 Å². The fraction of sp³-hybridized carbons (Fsp3) is 0.222. The SMILES string of the molecule is [2H]C([2H])([2H])c1ccc2c3c(oc2n1)=CB(C)N(c1cccc[n+]1C)C=3C. The molecule has 0 unspecified atom stereocenters. The van der Waals surface area contributed by atoms with Gasteiger partial charge in [-0.25, -0.2) is 9.55 Å². The molecule has 4 heterocycles. The van der Waals surface area contributed by atoms with E-state index >= 15 is 0 Å². The van der Waals surface area contributed by atoms with Crippen LogP contribution in [-0.4, -0.2) is 11.8 Å². The Morgan fingerprint density at radius 1 is 1.30 bits per heavy atom. The summed E-state index contributed by atoms with van der Waals surface area (Å²) in [4.78, 5) is 6.49. The van der Waals surface area contributed by atoms with Crippen LogP contribution in [0.25, 0.3) is 22.8 Å². The summed E-state index contributed by atoms with van der Waals surface area (Å²) in [7, 11) is 2.02. The van der Waals surface area contributed by atoms with Gasteiger partial charge in [-0.15, -0.1) is 0 Å².